The standard InChI is InChI=1S/C33H57NO3/c1-5-6-21-34(4)30(37)14-12-10-8-7-9-11-13-24-22-25-23-26(35)17-19-32(25,2)28-18-20-33(3)27(31(24)28)15-16-29(33)36/h24-25,27-29,31,36H,5-23H2,1-4H3/t24-,25?,27+,28+,29+,31+,32+,33+/m1/s1. The average molecular weight is 516 g/mol. The van der Waals surface area contributed by atoms with Crippen molar-refractivity contribution >= 4 is 11.7 Å². The fourth-order valence-electron chi connectivity index (χ4n) is 9.59. The lowest BCUT2D eigenvalue weighted by molar-refractivity contribution is -0.156. The van der Waals surface area contributed by atoms with Crippen LogP contribution in [0.4, 0.5) is 0 Å². The zero-order valence-corrected chi connectivity index (χ0v) is 24.6. The minimum atomic E-state index is -0.115. The van der Waals surface area contributed by atoms with Crippen molar-refractivity contribution in [2.24, 2.45) is 40.4 Å². The van der Waals surface area contributed by atoms with E-state index in [0.29, 0.717) is 35.4 Å². The summed E-state index contributed by atoms with van der Waals surface area (Å²) >= 11 is 0. The maximum atomic E-state index is 12.5. The predicted molar refractivity (Wildman–Crippen MR) is 151 cm³/mol. The van der Waals surface area contributed by atoms with E-state index in [-0.39, 0.29) is 11.5 Å². The molecule has 4 rings (SSSR count). The van der Waals surface area contributed by atoms with Crippen molar-refractivity contribution in [3.05, 3.63) is 0 Å². The fourth-order valence-corrected chi connectivity index (χ4v) is 9.59. The Morgan fingerprint density at radius 3 is 2.41 bits per heavy atom. The van der Waals surface area contributed by atoms with Gasteiger partial charge in [-0.3, -0.25) is 9.59 Å². The molecule has 0 aromatic heterocycles. The molecule has 0 aliphatic heterocycles. The van der Waals surface area contributed by atoms with E-state index in [0.717, 1.165) is 69.2 Å². The Bertz CT molecular complexity index is 782. The molecule has 4 fully saturated rings. The largest absolute Gasteiger partial charge is 0.393 e. The third-order valence-electron chi connectivity index (χ3n) is 12.1. The number of rotatable bonds is 12. The van der Waals surface area contributed by atoms with Crippen LogP contribution in [0.15, 0.2) is 0 Å². The minimum Gasteiger partial charge on any atom is -0.393 e. The van der Waals surface area contributed by atoms with Gasteiger partial charge in [-0.2, -0.15) is 0 Å². The van der Waals surface area contributed by atoms with Crippen molar-refractivity contribution in [3.63, 3.8) is 0 Å². The number of unbranched alkanes of at least 4 members (excludes halogenated alkanes) is 6. The Morgan fingerprint density at radius 1 is 0.946 bits per heavy atom. The molecule has 0 saturated heterocycles. The zero-order chi connectivity index (χ0) is 26.6. The predicted octanol–water partition coefficient (Wildman–Crippen LogP) is 7.56. The second kappa shape index (κ2) is 12.5. The molecule has 212 valence electrons. The van der Waals surface area contributed by atoms with Gasteiger partial charge in [-0.1, -0.05) is 65.7 Å². The van der Waals surface area contributed by atoms with Gasteiger partial charge >= 0.3 is 0 Å². The van der Waals surface area contributed by atoms with Crippen molar-refractivity contribution in [1.82, 2.24) is 4.90 Å². The number of Topliss-reactive ketones (excluding diaryl/α,β-unsaturated/α-hetero) is 1. The lowest BCUT2D eigenvalue weighted by Gasteiger charge is -2.62. The van der Waals surface area contributed by atoms with E-state index in [2.05, 4.69) is 20.8 Å². The van der Waals surface area contributed by atoms with E-state index in [1.54, 1.807) is 0 Å². The molecule has 0 spiro atoms. The third kappa shape index (κ3) is 6.15. The Hall–Kier alpha value is -0.900. The Balaban J connectivity index is 1.26. The van der Waals surface area contributed by atoms with Crippen LogP contribution in [0.3, 0.4) is 0 Å². The van der Waals surface area contributed by atoms with Gasteiger partial charge < -0.3 is 10.0 Å². The van der Waals surface area contributed by atoms with Crippen molar-refractivity contribution < 1.29 is 14.7 Å². The van der Waals surface area contributed by atoms with Gasteiger partial charge in [0.2, 0.25) is 5.91 Å². The van der Waals surface area contributed by atoms with E-state index >= 15 is 0 Å². The Morgan fingerprint density at radius 2 is 1.65 bits per heavy atom. The quantitative estimate of drug-likeness (QED) is 0.273. The van der Waals surface area contributed by atoms with Crippen LogP contribution in [0.25, 0.3) is 0 Å². The van der Waals surface area contributed by atoms with Crippen LogP contribution in [0.5, 0.6) is 0 Å². The Labute approximate surface area is 227 Å². The average Bonchev–Trinajstić information content (AvgIpc) is 3.18. The van der Waals surface area contributed by atoms with Crippen LogP contribution in [0.1, 0.15) is 136 Å². The molecule has 4 aliphatic rings. The normalized spacial score (nSPS) is 39.1. The van der Waals surface area contributed by atoms with Crippen molar-refractivity contribution in [1.29, 1.82) is 0 Å². The van der Waals surface area contributed by atoms with Crippen molar-refractivity contribution in [3.8, 4) is 0 Å². The highest BCUT2D eigenvalue weighted by Crippen LogP contribution is 2.67. The molecule has 37 heavy (non-hydrogen) atoms. The first-order chi connectivity index (χ1) is 17.7. The maximum absolute atomic E-state index is 12.5. The molecule has 4 heteroatoms. The van der Waals surface area contributed by atoms with Gasteiger partial charge in [-0.25, -0.2) is 0 Å². The summed E-state index contributed by atoms with van der Waals surface area (Å²) in [6, 6.07) is 0. The van der Waals surface area contributed by atoms with Crippen LogP contribution in [-0.4, -0.2) is 41.4 Å². The SMILES string of the molecule is CCCCN(C)C(=O)CCCCCCCC[C@@H]1CC2CC(=O)CC[C@]2(C)[C@H]2CC[C@]3(C)[C@@H](O)CC[C@H]3[C@H]12. The van der Waals surface area contributed by atoms with Gasteiger partial charge in [0.25, 0.3) is 0 Å². The number of carbonyl (C=O) groups is 2. The molecule has 4 nitrogen and oxygen atoms in total. The summed E-state index contributed by atoms with van der Waals surface area (Å²) in [7, 11) is 1.95. The molecular formula is C33H57NO3. The third-order valence-corrected chi connectivity index (χ3v) is 12.1. The maximum Gasteiger partial charge on any atom is 0.222 e. The molecule has 1 N–H and O–H groups in total. The summed E-state index contributed by atoms with van der Waals surface area (Å²) in [5.41, 5.74) is 0.459. The van der Waals surface area contributed by atoms with Crippen LogP contribution in [0, 0.1) is 40.4 Å². The molecule has 0 aromatic rings. The summed E-state index contributed by atoms with van der Waals surface area (Å²) < 4.78 is 0. The first kappa shape index (κ1) is 29.1. The molecule has 0 aromatic carbocycles. The number of aliphatic hydroxyl groups excluding tert-OH is 1. The van der Waals surface area contributed by atoms with Gasteiger partial charge in [-0.15, -0.1) is 0 Å². The topological polar surface area (TPSA) is 57.6 Å². The highest BCUT2D eigenvalue weighted by Gasteiger charge is 2.62. The number of ketones is 1. The van der Waals surface area contributed by atoms with E-state index in [9.17, 15) is 14.7 Å². The summed E-state index contributed by atoms with van der Waals surface area (Å²) in [6.07, 6.45) is 20.1. The Kier molecular flexibility index (Phi) is 9.84. The molecule has 4 saturated carbocycles. The molecular weight excluding hydrogens is 458 g/mol. The highest BCUT2D eigenvalue weighted by molar-refractivity contribution is 5.79. The molecule has 0 bridgehead atoms. The van der Waals surface area contributed by atoms with E-state index in [1.165, 1.54) is 64.2 Å². The fraction of sp³-hybridized carbons (Fsp3) is 0.939. The molecule has 1 amide bonds. The van der Waals surface area contributed by atoms with Gasteiger partial charge in [0.1, 0.15) is 5.78 Å². The number of carbonyl (C=O) groups excluding carboxylic acids is 2. The first-order valence-electron chi connectivity index (χ1n) is 16.1. The van der Waals surface area contributed by atoms with Gasteiger partial charge in [0.15, 0.2) is 0 Å². The molecule has 8 atom stereocenters. The molecule has 4 aliphatic carbocycles. The summed E-state index contributed by atoms with van der Waals surface area (Å²) in [6.45, 7) is 8.00. The lowest BCUT2D eigenvalue weighted by atomic mass is 9.42. The zero-order valence-electron chi connectivity index (χ0n) is 24.6. The number of fused-ring (bicyclic) bond motifs is 5. The second-order valence-electron chi connectivity index (χ2n) is 14.2. The number of hydrogen-bond donors (Lipinski definition) is 1. The van der Waals surface area contributed by atoms with E-state index < -0.39 is 0 Å². The number of amides is 1. The summed E-state index contributed by atoms with van der Waals surface area (Å²) in [5, 5.41) is 10.9. The number of hydrogen-bond acceptors (Lipinski definition) is 3. The molecule has 1 unspecified atom stereocenters. The smallest absolute Gasteiger partial charge is 0.222 e. The van der Waals surface area contributed by atoms with Gasteiger partial charge in [0, 0.05) is 32.9 Å². The number of aliphatic hydroxyl groups is 1. The van der Waals surface area contributed by atoms with Crippen LogP contribution >= 0.6 is 0 Å². The van der Waals surface area contributed by atoms with E-state index in [1.807, 2.05) is 11.9 Å². The summed E-state index contributed by atoms with van der Waals surface area (Å²) in [5.74, 6) is 4.32. The summed E-state index contributed by atoms with van der Waals surface area (Å²) in [4.78, 5) is 26.6. The van der Waals surface area contributed by atoms with Crippen LogP contribution in [-0.2, 0) is 9.59 Å². The van der Waals surface area contributed by atoms with E-state index in [4.69, 9.17) is 0 Å². The molecule has 0 heterocycles. The van der Waals surface area contributed by atoms with Gasteiger partial charge in [-0.05, 0) is 91.8 Å². The first-order valence-corrected chi connectivity index (χ1v) is 16.1. The monoisotopic (exact) mass is 515 g/mol. The van der Waals surface area contributed by atoms with Crippen molar-refractivity contribution in [2.75, 3.05) is 13.6 Å². The second-order valence-corrected chi connectivity index (χ2v) is 14.2. The van der Waals surface area contributed by atoms with Crippen LogP contribution in [0.2, 0.25) is 0 Å². The molecule has 0 radical (unpaired) electrons. The lowest BCUT2D eigenvalue weighted by Crippen LogP contribution is -2.57. The van der Waals surface area contributed by atoms with Gasteiger partial charge in [0.05, 0.1) is 6.10 Å². The number of nitrogens with zero attached hydrogens (tertiary/aromatic N) is 1. The van der Waals surface area contributed by atoms with Crippen molar-refractivity contribution in [2.45, 2.75) is 142 Å². The van der Waals surface area contributed by atoms with Crippen LogP contribution < -0.4 is 0 Å². The highest BCUT2D eigenvalue weighted by atomic mass is 16.3. The minimum absolute atomic E-state index is 0.115.